The van der Waals surface area contributed by atoms with Crippen LogP contribution in [0, 0.1) is 5.92 Å². The van der Waals surface area contributed by atoms with Gasteiger partial charge in [0, 0.05) is 33.2 Å². The molecule has 0 amide bonds. The molecule has 1 heterocycles. The summed E-state index contributed by atoms with van der Waals surface area (Å²) in [5.74, 6) is 1.24. The molecule has 0 aliphatic carbocycles. The molecule has 1 aliphatic heterocycles. The van der Waals surface area contributed by atoms with E-state index in [-0.39, 0.29) is 0 Å². The third-order valence-electron chi connectivity index (χ3n) is 3.24. The van der Waals surface area contributed by atoms with E-state index in [1.165, 1.54) is 6.26 Å². The van der Waals surface area contributed by atoms with E-state index in [9.17, 15) is 8.42 Å². The third-order valence-corrected chi connectivity index (χ3v) is 4.54. The Bertz CT molecular complexity index is 411. The van der Waals surface area contributed by atoms with Gasteiger partial charge in [0.05, 0.1) is 6.26 Å². The molecule has 0 atom stereocenters. The van der Waals surface area contributed by atoms with Crippen LogP contribution in [0.1, 0.15) is 12.8 Å². The van der Waals surface area contributed by atoms with Crippen LogP contribution in [0.4, 0.5) is 0 Å². The van der Waals surface area contributed by atoms with E-state index in [1.807, 2.05) is 0 Å². The molecule has 2 N–H and O–H groups in total. The molecule has 19 heavy (non-hydrogen) atoms. The molecule has 1 aliphatic rings. The normalized spacial score (nSPS) is 19.2. The molecule has 0 bridgehead atoms. The van der Waals surface area contributed by atoms with Crippen molar-refractivity contribution in [2.45, 2.75) is 12.8 Å². The Morgan fingerprint density at radius 3 is 2.53 bits per heavy atom. The topological polar surface area (TPSA) is 73.8 Å². The lowest BCUT2D eigenvalue weighted by Gasteiger charge is -2.30. The summed E-state index contributed by atoms with van der Waals surface area (Å²) in [6, 6.07) is 0. The fourth-order valence-corrected chi connectivity index (χ4v) is 2.95. The number of guanidine groups is 1. The van der Waals surface area contributed by atoms with Crippen molar-refractivity contribution < 1.29 is 8.42 Å². The molecule has 0 unspecified atom stereocenters. The largest absolute Gasteiger partial charge is 0.356 e. The van der Waals surface area contributed by atoms with Crippen molar-refractivity contribution in [3.05, 3.63) is 12.7 Å². The van der Waals surface area contributed by atoms with Crippen molar-refractivity contribution in [1.29, 1.82) is 0 Å². The summed E-state index contributed by atoms with van der Waals surface area (Å²) in [6.07, 6.45) is 4.82. The van der Waals surface area contributed by atoms with Crippen molar-refractivity contribution in [2.75, 3.05) is 39.5 Å². The minimum atomic E-state index is -3.03. The van der Waals surface area contributed by atoms with Crippen LogP contribution in [-0.4, -0.2) is 58.2 Å². The van der Waals surface area contributed by atoms with Gasteiger partial charge >= 0.3 is 0 Å². The van der Waals surface area contributed by atoms with E-state index in [0.29, 0.717) is 25.6 Å². The van der Waals surface area contributed by atoms with Crippen LogP contribution in [0.3, 0.4) is 0 Å². The molecule has 1 saturated heterocycles. The van der Waals surface area contributed by atoms with Crippen LogP contribution in [0.25, 0.3) is 0 Å². The summed E-state index contributed by atoms with van der Waals surface area (Å²) in [4.78, 5) is 4.10. The second-order valence-electron chi connectivity index (χ2n) is 4.73. The fraction of sp³-hybridized carbons (Fsp3) is 0.750. The monoisotopic (exact) mass is 288 g/mol. The van der Waals surface area contributed by atoms with Crippen molar-refractivity contribution >= 4 is 16.0 Å². The first-order chi connectivity index (χ1) is 8.97. The summed E-state index contributed by atoms with van der Waals surface area (Å²) in [6.45, 7) is 6.36. The zero-order valence-corrected chi connectivity index (χ0v) is 12.5. The maximum Gasteiger partial charge on any atom is 0.211 e. The molecular formula is C12H24N4O2S. The Hall–Kier alpha value is -1.08. The van der Waals surface area contributed by atoms with Gasteiger partial charge in [0.15, 0.2) is 5.96 Å². The number of hydrogen-bond donors (Lipinski definition) is 2. The second kappa shape index (κ2) is 7.49. The van der Waals surface area contributed by atoms with Gasteiger partial charge in [0.25, 0.3) is 0 Å². The summed E-state index contributed by atoms with van der Waals surface area (Å²) in [5, 5.41) is 6.36. The van der Waals surface area contributed by atoms with Gasteiger partial charge in [-0.15, -0.1) is 6.58 Å². The van der Waals surface area contributed by atoms with Gasteiger partial charge in [-0.2, -0.15) is 0 Å². The van der Waals surface area contributed by atoms with Crippen molar-refractivity contribution in [3.8, 4) is 0 Å². The number of nitrogens with one attached hydrogen (secondary N) is 2. The van der Waals surface area contributed by atoms with Crippen LogP contribution in [0.2, 0.25) is 0 Å². The minimum absolute atomic E-state index is 0.486. The van der Waals surface area contributed by atoms with E-state index in [4.69, 9.17) is 0 Å². The van der Waals surface area contributed by atoms with E-state index in [2.05, 4.69) is 22.2 Å². The first kappa shape index (κ1) is 16.0. The Morgan fingerprint density at radius 1 is 1.42 bits per heavy atom. The van der Waals surface area contributed by atoms with E-state index >= 15 is 0 Å². The summed E-state index contributed by atoms with van der Waals surface area (Å²) >= 11 is 0. The average Bonchev–Trinajstić information content (AvgIpc) is 2.38. The molecular weight excluding hydrogens is 264 g/mol. The lowest BCUT2D eigenvalue weighted by Crippen LogP contribution is -2.43. The number of hydrogen-bond acceptors (Lipinski definition) is 3. The summed E-state index contributed by atoms with van der Waals surface area (Å²) in [7, 11) is -1.30. The molecule has 0 radical (unpaired) electrons. The standard InChI is InChI=1S/C12H24N4O2S/c1-4-7-14-12(13-2)15-10-11-5-8-16(9-6-11)19(3,17)18/h4,11H,1,5-10H2,2-3H3,(H2,13,14,15). The van der Waals surface area contributed by atoms with Crippen LogP contribution in [0.15, 0.2) is 17.6 Å². The van der Waals surface area contributed by atoms with Gasteiger partial charge in [0.2, 0.25) is 10.0 Å². The maximum absolute atomic E-state index is 11.4. The highest BCUT2D eigenvalue weighted by atomic mass is 32.2. The number of piperidine rings is 1. The lowest BCUT2D eigenvalue weighted by atomic mass is 9.98. The Kier molecular flexibility index (Phi) is 6.30. The highest BCUT2D eigenvalue weighted by Crippen LogP contribution is 2.18. The molecule has 0 aromatic carbocycles. The first-order valence-corrected chi connectivity index (χ1v) is 8.32. The molecule has 0 aromatic rings. The first-order valence-electron chi connectivity index (χ1n) is 6.48. The van der Waals surface area contributed by atoms with Gasteiger partial charge in [-0.05, 0) is 18.8 Å². The molecule has 0 spiro atoms. The fourth-order valence-electron chi connectivity index (χ4n) is 2.08. The zero-order chi connectivity index (χ0) is 14.3. The van der Waals surface area contributed by atoms with E-state index in [0.717, 1.165) is 25.3 Å². The summed E-state index contributed by atoms with van der Waals surface area (Å²) < 4.78 is 24.3. The molecule has 1 fully saturated rings. The Morgan fingerprint density at radius 2 is 2.05 bits per heavy atom. The second-order valence-corrected chi connectivity index (χ2v) is 6.71. The molecule has 110 valence electrons. The summed E-state index contributed by atoms with van der Waals surface area (Å²) in [5.41, 5.74) is 0. The van der Waals surface area contributed by atoms with Crippen LogP contribution >= 0.6 is 0 Å². The third kappa shape index (κ3) is 5.61. The predicted molar refractivity (Wildman–Crippen MR) is 78.7 cm³/mol. The molecule has 1 rings (SSSR count). The van der Waals surface area contributed by atoms with Gasteiger partial charge in [-0.1, -0.05) is 6.08 Å². The van der Waals surface area contributed by atoms with Crippen molar-refractivity contribution in [1.82, 2.24) is 14.9 Å². The average molecular weight is 288 g/mol. The number of sulfonamides is 1. The molecule has 0 aromatic heterocycles. The van der Waals surface area contributed by atoms with E-state index < -0.39 is 10.0 Å². The quantitative estimate of drug-likeness (QED) is 0.424. The van der Waals surface area contributed by atoms with Crippen LogP contribution in [0.5, 0.6) is 0 Å². The Labute approximate surface area is 116 Å². The van der Waals surface area contributed by atoms with Gasteiger partial charge in [-0.25, -0.2) is 12.7 Å². The minimum Gasteiger partial charge on any atom is -0.356 e. The maximum atomic E-state index is 11.4. The zero-order valence-electron chi connectivity index (χ0n) is 11.7. The number of aliphatic imine (C=N–C) groups is 1. The lowest BCUT2D eigenvalue weighted by molar-refractivity contribution is 0.275. The highest BCUT2D eigenvalue weighted by Gasteiger charge is 2.24. The Balaban J connectivity index is 2.31. The smallest absolute Gasteiger partial charge is 0.211 e. The van der Waals surface area contributed by atoms with Crippen LogP contribution < -0.4 is 10.6 Å². The van der Waals surface area contributed by atoms with Crippen molar-refractivity contribution in [3.63, 3.8) is 0 Å². The van der Waals surface area contributed by atoms with Gasteiger partial charge < -0.3 is 10.6 Å². The van der Waals surface area contributed by atoms with Crippen LogP contribution in [-0.2, 0) is 10.0 Å². The molecule has 0 saturated carbocycles. The van der Waals surface area contributed by atoms with Gasteiger partial charge in [-0.3, -0.25) is 4.99 Å². The molecule has 6 nitrogen and oxygen atoms in total. The van der Waals surface area contributed by atoms with Crippen molar-refractivity contribution in [2.24, 2.45) is 10.9 Å². The number of rotatable bonds is 5. The van der Waals surface area contributed by atoms with E-state index in [1.54, 1.807) is 17.4 Å². The highest BCUT2D eigenvalue weighted by molar-refractivity contribution is 7.88. The SMILES string of the molecule is C=CCNC(=NC)NCC1CCN(S(C)(=O)=O)CC1. The van der Waals surface area contributed by atoms with Gasteiger partial charge in [0.1, 0.15) is 0 Å². The molecule has 7 heteroatoms. The predicted octanol–water partition coefficient (Wildman–Crippen LogP) is 0.00900. The number of nitrogens with zero attached hydrogens (tertiary/aromatic N) is 2.